The summed E-state index contributed by atoms with van der Waals surface area (Å²) in [6.45, 7) is 1.15. The monoisotopic (exact) mass is 513 g/mol. The molecule has 0 radical (unpaired) electrons. The van der Waals surface area contributed by atoms with E-state index in [4.69, 9.17) is 16.6 Å². The number of amides is 4. The number of H-pyrrole nitrogens is 1. The molecule has 11 N–H and O–H groups in total. The lowest BCUT2D eigenvalue weighted by Crippen LogP contribution is -2.58. The molecule has 16 nitrogen and oxygen atoms in total. The van der Waals surface area contributed by atoms with Crippen molar-refractivity contribution in [1.82, 2.24) is 25.9 Å². The van der Waals surface area contributed by atoms with Gasteiger partial charge in [-0.25, -0.2) is 9.78 Å². The number of aliphatic carboxylic acids is 2. The van der Waals surface area contributed by atoms with Crippen LogP contribution in [0, 0.1) is 0 Å². The summed E-state index contributed by atoms with van der Waals surface area (Å²) in [4.78, 5) is 78.0. The number of carboxylic acid groups (broad SMARTS) is 2. The van der Waals surface area contributed by atoms with Gasteiger partial charge in [-0.05, 0) is 19.8 Å². The second-order valence-electron chi connectivity index (χ2n) is 8.01. The van der Waals surface area contributed by atoms with Crippen molar-refractivity contribution in [2.45, 2.75) is 69.3 Å². The van der Waals surface area contributed by atoms with E-state index in [-0.39, 0.29) is 25.7 Å². The number of aliphatic hydroxyl groups is 1. The first-order valence-corrected chi connectivity index (χ1v) is 10.9. The van der Waals surface area contributed by atoms with Crippen LogP contribution in [0.4, 0.5) is 0 Å². The molecule has 200 valence electrons. The number of hydrogen-bond donors (Lipinski definition) is 9. The molecular weight excluding hydrogens is 482 g/mol. The number of rotatable bonds is 16. The van der Waals surface area contributed by atoms with Gasteiger partial charge in [0.2, 0.25) is 23.6 Å². The average molecular weight is 514 g/mol. The molecule has 4 amide bonds. The van der Waals surface area contributed by atoms with Gasteiger partial charge in [-0.2, -0.15) is 0 Å². The second kappa shape index (κ2) is 14.4. The zero-order valence-electron chi connectivity index (χ0n) is 19.5. The van der Waals surface area contributed by atoms with Gasteiger partial charge < -0.3 is 47.7 Å². The van der Waals surface area contributed by atoms with E-state index in [1.54, 1.807) is 0 Å². The van der Waals surface area contributed by atoms with Crippen LogP contribution in [0.3, 0.4) is 0 Å². The van der Waals surface area contributed by atoms with Crippen molar-refractivity contribution in [3.63, 3.8) is 0 Å². The Morgan fingerprint density at radius 2 is 1.58 bits per heavy atom. The van der Waals surface area contributed by atoms with E-state index in [1.807, 2.05) is 0 Å². The molecule has 5 atom stereocenters. The average Bonchev–Trinajstić information content (AvgIpc) is 3.30. The molecule has 16 heteroatoms. The van der Waals surface area contributed by atoms with E-state index in [9.17, 15) is 39.0 Å². The van der Waals surface area contributed by atoms with E-state index in [0.717, 1.165) is 6.92 Å². The predicted octanol–water partition coefficient (Wildman–Crippen LogP) is -3.67. The normalized spacial score (nSPS) is 15.0. The van der Waals surface area contributed by atoms with Crippen LogP contribution in [0.2, 0.25) is 0 Å². The highest BCUT2D eigenvalue weighted by molar-refractivity contribution is 5.94. The third-order valence-electron chi connectivity index (χ3n) is 4.98. The Hall–Kier alpha value is -4.05. The van der Waals surface area contributed by atoms with Crippen LogP contribution in [0.5, 0.6) is 0 Å². The fourth-order valence-corrected chi connectivity index (χ4v) is 2.98. The number of nitrogens with zero attached hydrogens (tertiary/aromatic N) is 1. The first-order chi connectivity index (χ1) is 16.8. The molecule has 36 heavy (non-hydrogen) atoms. The minimum absolute atomic E-state index is 0.116. The number of aromatic amines is 1. The van der Waals surface area contributed by atoms with Crippen molar-refractivity contribution >= 4 is 35.6 Å². The highest BCUT2D eigenvalue weighted by atomic mass is 16.4. The summed E-state index contributed by atoms with van der Waals surface area (Å²) >= 11 is 0. The first-order valence-electron chi connectivity index (χ1n) is 10.9. The van der Waals surface area contributed by atoms with Gasteiger partial charge in [0.15, 0.2) is 6.04 Å². The molecule has 0 aliphatic heterocycles. The molecule has 0 bridgehead atoms. The molecule has 0 fully saturated rings. The summed E-state index contributed by atoms with van der Waals surface area (Å²) in [6.07, 6.45) is -0.158. The SMILES string of the molecule is CC(O)C(NC(=O)C(Cc1cnc[nH]1)NC(=O)C(CCC(=O)O)NC(=O)C(N)CCC(N)=O)C(=O)O. The summed E-state index contributed by atoms with van der Waals surface area (Å²) in [5.41, 5.74) is 11.1. The van der Waals surface area contributed by atoms with Gasteiger partial charge in [0, 0.05) is 31.2 Å². The minimum atomic E-state index is -1.68. The topological polar surface area (TPSA) is 280 Å². The lowest BCUT2D eigenvalue weighted by molar-refractivity contribution is -0.145. The van der Waals surface area contributed by atoms with Crippen molar-refractivity contribution in [3.05, 3.63) is 18.2 Å². The van der Waals surface area contributed by atoms with Crippen LogP contribution in [-0.2, 0) is 35.2 Å². The molecule has 0 saturated carbocycles. The Bertz CT molecular complexity index is 936. The van der Waals surface area contributed by atoms with Gasteiger partial charge in [-0.1, -0.05) is 0 Å². The van der Waals surface area contributed by atoms with E-state index in [2.05, 4.69) is 25.9 Å². The molecule has 0 aliphatic carbocycles. The number of aromatic nitrogens is 2. The maximum absolute atomic E-state index is 13.0. The van der Waals surface area contributed by atoms with E-state index in [0.29, 0.717) is 5.69 Å². The van der Waals surface area contributed by atoms with Crippen LogP contribution < -0.4 is 27.4 Å². The quantitative estimate of drug-likeness (QED) is 0.104. The fraction of sp³-hybridized carbons (Fsp3) is 0.550. The number of primary amides is 1. The van der Waals surface area contributed by atoms with Gasteiger partial charge in [0.05, 0.1) is 18.5 Å². The maximum Gasteiger partial charge on any atom is 0.328 e. The van der Waals surface area contributed by atoms with Crippen molar-refractivity contribution in [2.75, 3.05) is 0 Å². The lowest BCUT2D eigenvalue weighted by Gasteiger charge is -2.25. The highest BCUT2D eigenvalue weighted by Gasteiger charge is 2.32. The summed E-state index contributed by atoms with van der Waals surface area (Å²) < 4.78 is 0. The van der Waals surface area contributed by atoms with Gasteiger partial charge in [-0.3, -0.25) is 24.0 Å². The Labute approximate surface area is 205 Å². The number of aliphatic hydroxyl groups excluding tert-OH is 1. The van der Waals surface area contributed by atoms with Crippen molar-refractivity contribution in [1.29, 1.82) is 0 Å². The zero-order chi connectivity index (χ0) is 27.4. The number of carbonyl (C=O) groups is 6. The van der Waals surface area contributed by atoms with Gasteiger partial charge in [0.25, 0.3) is 0 Å². The summed E-state index contributed by atoms with van der Waals surface area (Å²) in [5, 5.41) is 34.7. The molecule has 1 aromatic heterocycles. The van der Waals surface area contributed by atoms with Crippen molar-refractivity contribution in [3.8, 4) is 0 Å². The second-order valence-corrected chi connectivity index (χ2v) is 8.01. The van der Waals surface area contributed by atoms with Crippen LogP contribution in [0.15, 0.2) is 12.5 Å². The number of hydrogen-bond acceptors (Lipinski definition) is 9. The third kappa shape index (κ3) is 10.5. The van der Waals surface area contributed by atoms with E-state index < -0.39 is 72.3 Å². The number of carboxylic acids is 2. The smallest absolute Gasteiger partial charge is 0.328 e. The fourth-order valence-electron chi connectivity index (χ4n) is 2.98. The molecule has 5 unspecified atom stereocenters. The molecule has 0 aromatic carbocycles. The third-order valence-corrected chi connectivity index (χ3v) is 4.98. The number of carbonyl (C=O) groups excluding carboxylic acids is 4. The lowest BCUT2D eigenvalue weighted by atomic mass is 10.1. The Kier molecular flexibility index (Phi) is 12.0. The standard InChI is InChI=1S/C20H31N7O9/c1-9(28)16(20(35)36)27-19(34)13(6-10-7-23-8-24-10)26-18(33)12(3-5-15(30)31)25-17(32)11(21)2-4-14(22)29/h7-9,11-13,16,28H,2-6,21H2,1H3,(H2,22,29)(H,23,24)(H,25,32)(H,26,33)(H,27,34)(H,30,31)(H,35,36). The molecule has 0 spiro atoms. The number of nitrogens with one attached hydrogen (secondary N) is 4. The molecule has 1 heterocycles. The van der Waals surface area contributed by atoms with Crippen LogP contribution >= 0.6 is 0 Å². The molecule has 1 rings (SSSR count). The molecule has 1 aromatic rings. The summed E-state index contributed by atoms with van der Waals surface area (Å²) in [7, 11) is 0. The Morgan fingerprint density at radius 1 is 0.972 bits per heavy atom. The van der Waals surface area contributed by atoms with Crippen molar-refractivity contribution in [2.24, 2.45) is 11.5 Å². The van der Waals surface area contributed by atoms with E-state index in [1.165, 1.54) is 12.5 Å². The molecule has 0 aliphatic rings. The minimum Gasteiger partial charge on any atom is -0.481 e. The first kappa shape index (κ1) is 30.0. The number of imidazole rings is 1. The maximum atomic E-state index is 13.0. The Morgan fingerprint density at radius 3 is 2.08 bits per heavy atom. The van der Waals surface area contributed by atoms with E-state index >= 15 is 0 Å². The summed E-state index contributed by atoms with van der Waals surface area (Å²) in [6, 6.07) is -5.72. The van der Waals surface area contributed by atoms with Gasteiger partial charge >= 0.3 is 11.9 Å². The van der Waals surface area contributed by atoms with Gasteiger partial charge in [-0.15, -0.1) is 0 Å². The Balaban J connectivity index is 3.07. The van der Waals surface area contributed by atoms with Crippen molar-refractivity contribution < 1.29 is 44.1 Å². The molecule has 0 saturated heterocycles. The highest BCUT2D eigenvalue weighted by Crippen LogP contribution is 2.05. The largest absolute Gasteiger partial charge is 0.481 e. The van der Waals surface area contributed by atoms with Crippen LogP contribution in [-0.4, -0.2) is 91.1 Å². The number of nitrogens with two attached hydrogens (primary N) is 2. The van der Waals surface area contributed by atoms with Gasteiger partial charge in [0.1, 0.15) is 12.1 Å². The molecular formula is C20H31N7O9. The van der Waals surface area contributed by atoms with Crippen LogP contribution in [0.1, 0.15) is 38.3 Å². The summed E-state index contributed by atoms with van der Waals surface area (Å²) in [5.74, 6) is -6.23. The van der Waals surface area contributed by atoms with Crippen LogP contribution in [0.25, 0.3) is 0 Å². The predicted molar refractivity (Wildman–Crippen MR) is 121 cm³/mol. The zero-order valence-corrected chi connectivity index (χ0v) is 19.5.